The molecule has 0 saturated carbocycles. The summed E-state index contributed by atoms with van der Waals surface area (Å²) in [6.45, 7) is 6.93. The smallest absolute Gasteiger partial charge is 0.274 e. The van der Waals surface area contributed by atoms with Gasteiger partial charge in [0.15, 0.2) is 0 Å². The van der Waals surface area contributed by atoms with Gasteiger partial charge in [-0.25, -0.2) is 0 Å². The number of hydrogen-bond donors (Lipinski definition) is 1. The van der Waals surface area contributed by atoms with E-state index < -0.39 is 0 Å². The van der Waals surface area contributed by atoms with Gasteiger partial charge in [0.2, 0.25) is 0 Å². The molecule has 1 aromatic rings. The molecule has 0 aromatic heterocycles. The van der Waals surface area contributed by atoms with Crippen molar-refractivity contribution in [2.45, 2.75) is 32.7 Å². The van der Waals surface area contributed by atoms with E-state index in [0.29, 0.717) is 0 Å². The summed E-state index contributed by atoms with van der Waals surface area (Å²) in [5, 5.41) is 14.3. The Morgan fingerprint density at radius 3 is 2.65 bits per heavy atom. The highest BCUT2D eigenvalue weighted by Crippen LogP contribution is 2.31. The van der Waals surface area contributed by atoms with Gasteiger partial charge in [-0.3, -0.25) is 10.1 Å². The zero-order chi connectivity index (χ0) is 13.0. The molecule has 1 N–H and O–H groups in total. The standard InChI is InChI=1S/C12H17BrN2O2/c1-4-14-9(3)8(2)11-6-5-10(13)7-12(11)15(16)17/h5-9,14H,4H2,1-3H3. The maximum absolute atomic E-state index is 11.0. The van der Waals surface area contributed by atoms with Crippen LogP contribution in [0.3, 0.4) is 0 Å². The third kappa shape index (κ3) is 3.51. The lowest BCUT2D eigenvalue weighted by atomic mass is 9.93. The second kappa shape index (κ2) is 6.12. The fraction of sp³-hybridized carbons (Fsp3) is 0.500. The van der Waals surface area contributed by atoms with Gasteiger partial charge in [0.05, 0.1) is 4.92 Å². The molecule has 0 aliphatic rings. The van der Waals surface area contributed by atoms with Gasteiger partial charge in [0, 0.05) is 28.1 Å². The summed E-state index contributed by atoms with van der Waals surface area (Å²) >= 11 is 3.26. The number of benzene rings is 1. The normalized spacial score (nSPS) is 14.4. The lowest BCUT2D eigenvalue weighted by Gasteiger charge is -2.21. The summed E-state index contributed by atoms with van der Waals surface area (Å²) in [5.74, 6) is 0.100. The molecule has 0 fully saturated rings. The molecule has 0 amide bonds. The van der Waals surface area contributed by atoms with Crippen LogP contribution in [0.25, 0.3) is 0 Å². The topological polar surface area (TPSA) is 55.2 Å². The Balaban J connectivity index is 3.08. The highest BCUT2D eigenvalue weighted by atomic mass is 79.9. The lowest BCUT2D eigenvalue weighted by Crippen LogP contribution is -2.30. The van der Waals surface area contributed by atoms with E-state index in [4.69, 9.17) is 0 Å². The third-order valence-electron chi connectivity index (χ3n) is 2.96. The molecule has 1 aromatic carbocycles. The average molecular weight is 301 g/mol. The third-order valence-corrected chi connectivity index (χ3v) is 3.45. The van der Waals surface area contributed by atoms with Crippen molar-refractivity contribution in [3.05, 3.63) is 38.3 Å². The van der Waals surface area contributed by atoms with Gasteiger partial charge in [-0.1, -0.05) is 35.8 Å². The first-order valence-electron chi connectivity index (χ1n) is 5.64. The van der Waals surface area contributed by atoms with E-state index in [9.17, 15) is 10.1 Å². The summed E-state index contributed by atoms with van der Waals surface area (Å²) < 4.78 is 0.733. The molecular weight excluding hydrogens is 284 g/mol. The number of nitrogens with one attached hydrogen (secondary N) is 1. The molecule has 0 heterocycles. The van der Waals surface area contributed by atoms with E-state index in [0.717, 1.165) is 16.6 Å². The average Bonchev–Trinajstić information content (AvgIpc) is 2.28. The molecule has 0 bridgehead atoms. The Bertz CT molecular complexity index is 409. The van der Waals surface area contributed by atoms with Crippen molar-refractivity contribution in [1.82, 2.24) is 5.32 Å². The Hall–Kier alpha value is -0.940. The van der Waals surface area contributed by atoms with Gasteiger partial charge in [0.25, 0.3) is 5.69 Å². The Morgan fingerprint density at radius 2 is 2.12 bits per heavy atom. The van der Waals surface area contributed by atoms with Crippen LogP contribution in [0.2, 0.25) is 0 Å². The Morgan fingerprint density at radius 1 is 1.47 bits per heavy atom. The van der Waals surface area contributed by atoms with Crippen molar-refractivity contribution in [3.8, 4) is 0 Å². The minimum Gasteiger partial charge on any atom is -0.314 e. The maximum Gasteiger partial charge on any atom is 0.274 e. The molecule has 0 radical (unpaired) electrons. The predicted octanol–water partition coefficient (Wildman–Crippen LogP) is 3.46. The zero-order valence-corrected chi connectivity index (χ0v) is 11.8. The molecule has 0 aliphatic heterocycles. The number of nitro benzene ring substituents is 1. The summed E-state index contributed by atoms with van der Waals surface area (Å²) in [4.78, 5) is 10.7. The first kappa shape index (κ1) is 14.1. The molecular formula is C12H17BrN2O2. The van der Waals surface area contributed by atoms with Crippen LogP contribution in [0.4, 0.5) is 5.69 Å². The van der Waals surface area contributed by atoms with Crippen molar-refractivity contribution >= 4 is 21.6 Å². The maximum atomic E-state index is 11.0. The first-order valence-corrected chi connectivity index (χ1v) is 6.43. The number of likely N-dealkylation sites (N-methyl/N-ethyl adjacent to an activating group) is 1. The fourth-order valence-electron chi connectivity index (χ4n) is 1.83. The van der Waals surface area contributed by atoms with Crippen molar-refractivity contribution < 1.29 is 4.92 Å². The van der Waals surface area contributed by atoms with E-state index in [1.165, 1.54) is 0 Å². The summed E-state index contributed by atoms with van der Waals surface area (Å²) in [6, 6.07) is 5.43. The van der Waals surface area contributed by atoms with Crippen LogP contribution >= 0.6 is 15.9 Å². The van der Waals surface area contributed by atoms with E-state index in [2.05, 4.69) is 21.2 Å². The van der Waals surface area contributed by atoms with Crippen LogP contribution in [-0.2, 0) is 0 Å². The lowest BCUT2D eigenvalue weighted by molar-refractivity contribution is -0.385. The molecule has 1 rings (SSSR count). The largest absolute Gasteiger partial charge is 0.314 e. The van der Waals surface area contributed by atoms with Gasteiger partial charge in [-0.05, 0) is 19.5 Å². The van der Waals surface area contributed by atoms with E-state index in [1.54, 1.807) is 6.07 Å². The molecule has 5 heteroatoms. The van der Waals surface area contributed by atoms with Gasteiger partial charge in [0.1, 0.15) is 0 Å². The number of nitro groups is 1. The molecule has 0 spiro atoms. The molecule has 2 atom stereocenters. The number of nitrogens with zero attached hydrogens (tertiary/aromatic N) is 1. The van der Waals surface area contributed by atoms with Gasteiger partial charge >= 0.3 is 0 Å². The van der Waals surface area contributed by atoms with Gasteiger partial charge in [-0.2, -0.15) is 0 Å². The number of hydrogen-bond acceptors (Lipinski definition) is 3. The van der Waals surface area contributed by atoms with Crippen LogP contribution in [0.5, 0.6) is 0 Å². The molecule has 2 unspecified atom stereocenters. The number of rotatable bonds is 5. The highest BCUT2D eigenvalue weighted by molar-refractivity contribution is 9.10. The minimum absolute atomic E-state index is 0.100. The summed E-state index contributed by atoms with van der Waals surface area (Å²) in [5.41, 5.74) is 0.947. The highest BCUT2D eigenvalue weighted by Gasteiger charge is 2.22. The molecule has 0 saturated heterocycles. The molecule has 17 heavy (non-hydrogen) atoms. The van der Waals surface area contributed by atoms with Crippen LogP contribution in [-0.4, -0.2) is 17.5 Å². The molecule has 94 valence electrons. The fourth-order valence-corrected chi connectivity index (χ4v) is 2.18. The minimum atomic E-state index is -0.324. The summed E-state index contributed by atoms with van der Waals surface area (Å²) in [7, 11) is 0. The monoisotopic (exact) mass is 300 g/mol. The number of halogens is 1. The second-order valence-corrected chi connectivity index (χ2v) is 5.01. The van der Waals surface area contributed by atoms with Crippen molar-refractivity contribution in [2.24, 2.45) is 0 Å². The van der Waals surface area contributed by atoms with Crippen molar-refractivity contribution in [3.63, 3.8) is 0 Å². The Labute approximate surface area is 110 Å². The molecule has 4 nitrogen and oxygen atoms in total. The quantitative estimate of drug-likeness (QED) is 0.669. The van der Waals surface area contributed by atoms with Gasteiger partial charge < -0.3 is 5.32 Å². The van der Waals surface area contributed by atoms with E-state index in [1.807, 2.05) is 32.9 Å². The van der Waals surface area contributed by atoms with Crippen molar-refractivity contribution in [2.75, 3.05) is 6.54 Å². The van der Waals surface area contributed by atoms with Crippen molar-refractivity contribution in [1.29, 1.82) is 0 Å². The van der Waals surface area contributed by atoms with Crippen LogP contribution in [0.1, 0.15) is 32.3 Å². The molecule has 0 aliphatic carbocycles. The Kier molecular flexibility index (Phi) is 5.08. The summed E-state index contributed by atoms with van der Waals surface area (Å²) in [6.07, 6.45) is 0. The van der Waals surface area contributed by atoms with Crippen LogP contribution in [0, 0.1) is 10.1 Å². The SMILES string of the molecule is CCNC(C)C(C)c1ccc(Br)cc1[N+](=O)[O-]. The van der Waals surface area contributed by atoms with Gasteiger partial charge in [-0.15, -0.1) is 0 Å². The zero-order valence-electron chi connectivity index (χ0n) is 10.2. The van der Waals surface area contributed by atoms with Crippen LogP contribution < -0.4 is 5.32 Å². The van der Waals surface area contributed by atoms with Crippen LogP contribution in [0.15, 0.2) is 22.7 Å². The second-order valence-electron chi connectivity index (χ2n) is 4.10. The van der Waals surface area contributed by atoms with E-state index >= 15 is 0 Å². The van der Waals surface area contributed by atoms with E-state index in [-0.39, 0.29) is 22.6 Å². The first-order chi connectivity index (χ1) is 7.97. The predicted molar refractivity (Wildman–Crippen MR) is 72.4 cm³/mol.